The first kappa shape index (κ1) is 13.4. The molecule has 0 radical (unpaired) electrons. The lowest BCUT2D eigenvalue weighted by Crippen LogP contribution is -2.31. The Morgan fingerprint density at radius 2 is 2.06 bits per heavy atom. The van der Waals surface area contributed by atoms with Gasteiger partial charge in [0.25, 0.3) is 0 Å². The third-order valence-electron chi connectivity index (χ3n) is 3.48. The predicted octanol–water partition coefficient (Wildman–Crippen LogP) is 2.16. The fourth-order valence-electron chi connectivity index (χ4n) is 2.49. The van der Waals surface area contributed by atoms with E-state index in [2.05, 4.69) is 53.9 Å². The van der Waals surface area contributed by atoms with E-state index in [1.54, 1.807) is 0 Å². The summed E-state index contributed by atoms with van der Waals surface area (Å²) >= 11 is 0. The van der Waals surface area contributed by atoms with Gasteiger partial charge in [-0.1, -0.05) is 12.1 Å². The van der Waals surface area contributed by atoms with Gasteiger partial charge in [-0.25, -0.2) is 0 Å². The second-order valence-electron chi connectivity index (χ2n) is 5.51. The maximum absolute atomic E-state index is 3.58. The molecule has 0 atom stereocenters. The van der Waals surface area contributed by atoms with E-state index >= 15 is 0 Å². The minimum absolute atomic E-state index is 0.823. The molecule has 18 heavy (non-hydrogen) atoms. The smallest absolute Gasteiger partial charge is 0.0343 e. The third-order valence-corrected chi connectivity index (χ3v) is 3.48. The van der Waals surface area contributed by atoms with Gasteiger partial charge >= 0.3 is 0 Å². The van der Waals surface area contributed by atoms with E-state index in [-0.39, 0.29) is 0 Å². The Morgan fingerprint density at radius 1 is 1.28 bits per heavy atom. The summed E-state index contributed by atoms with van der Waals surface area (Å²) in [5, 5.41) is 6.99. The number of piperidine rings is 1. The molecular formula is C15H25N3. The van der Waals surface area contributed by atoms with Crippen molar-refractivity contribution in [3.8, 4) is 0 Å². The Balaban J connectivity index is 1.84. The van der Waals surface area contributed by atoms with Crippen LogP contribution in [0.15, 0.2) is 24.3 Å². The van der Waals surface area contributed by atoms with E-state index in [9.17, 15) is 0 Å². The summed E-state index contributed by atoms with van der Waals surface area (Å²) in [6, 6.07) is 8.76. The first-order valence-electron chi connectivity index (χ1n) is 6.92. The van der Waals surface area contributed by atoms with Gasteiger partial charge in [0, 0.05) is 18.8 Å². The second kappa shape index (κ2) is 6.76. The molecule has 0 aliphatic carbocycles. The van der Waals surface area contributed by atoms with Crippen LogP contribution in [0.3, 0.4) is 0 Å². The summed E-state index contributed by atoms with van der Waals surface area (Å²) in [4.78, 5) is 2.20. The maximum Gasteiger partial charge on any atom is 0.0343 e. The zero-order chi connectivity index (χ0) is 12.8. The lowest BCUT2D eigenvalue weighted by molar-refractivity contribution is 0.389. The molecule has 1 heterocycles. The monoisotopic (exact) mass is 247 g/mol. The zero-order valence-corrected chi connectivity index (χ0v) is 11.6. The van der Waals surface area contributed by atoms with Gasteiger partial charge in [-0.15, -0.1) is 0 Å². The van der Waals surface area contributed by atoms with Gasteiger partial charge in [0.2, 0.25) is 0 Å². The van der Waals surface area contributed by atoms with Crippen LogP contribution in [-0.4, -0.2) is 38.6 Å². The van der Waals surface area contributed by atoms with Gasteiger partial charge in [-0.05, 0) is 63.6 Å². The summed E-state index contributed by atoms with van der Waals surface area (Å²) < 4.78 is 0. The predicted molar refractivity (Wildman–Crippen MR) is 77.9 cm³/mol. The highest BCUT2D eigenvalue weighted by atomic mass is 15.0. The van der Waals surface area contributed by atoms with Gasteiger partial charge in [-0.3, -0.25) is 0 Å². The minimum Gasteiger partial charge on any atom is -0.385 e. The minimum atomic E-state index is 0.823. The Kier molecular flexibility index (Phi) is 5.02. The van der Waals surface area contributed by atoms with Crippen molar-refractivity contribution < 1.29 is 0 Å². The van der Waals surface area contributed by atoms with E-state index in [1.807, 2.05) is 0 Å². The zero-order valence-electron chi connectivity index (χ0n) is 11.6. The van der Waals surface area contributed by atoms with E-state index in [4.69, 9.17) is 0 Å². The molecular weight excluding hydrogens is 222 g/mol. The molecule has 0 unspecified atom stereocenters. The average Bonchev–Trinajstić information content (AvgIpc) is 2.37. The van der Waals surface area contributed by atoms with Gasteiger partial charge < -0.3 is 15.5 Å². The topological polar surface area (TPSA) is 27.3 Å². The molecule has 2 rings (SSSR count). The summed E-state index contributed by atoms with van der Waals surface area (Å²) in [5.74, 6) is 0.823. The maximum atomic E-state index is 3.58. The Bertz CT molecular complexity index is 357. The molecule has 0 saturated carbocycles. The van der Waals surface area contributed by atoms with Crippen LogP contribution in [0.1, 0.15) is 18.4 Å². The van der Waals surface area contributed by atoms with E-state index in [0.717, 1.165) is 19.0 Å². The Hall–Kier alpha value is -1.06. The fraction of sp³-hybridized carbons (Fsp3) is 0.600. The summed E-state index contributed by atoms with van der Waals surface area (Å²) in [5.41, 5.74) is 2.63. The summed E-state index contributed by atoms with van der Waals surface area (Å²) in [6.45, 7) is 4.45. The number of anilines is 1. The fourth-order valence-corrected chi connectivity index (χ4v) is 2.49. The van der Waals surface area contributed by atoms with Crippen molar-refractivity contribution in [2.24, 2.45) is 5.92 Å². The molecule has 0 amide bonds. The van der Waals surface area contributed by atoms with Crippen LogP contribution in [-0.2, 0) is 6.54 Å². The molecule has 3 nitrogen and oxygen atoms in total. The van der Waals surface area contributed by atoms with Crippen molar-refractivity contribution in [1.82, 2.24) is 10.2 Å². The SMILES string of the molecule is CN(C)Cc1cccc(NCC2CCNCC2)c1. The second-order valence-corrected chi connectivity index (χ2v) is 5.51. The van der Waals surface area contributed by atoms with Crippen molar-refractivity contribution in [3.63, 3.8) is 0 Å². The molecule has 1 aromatic rings. The standard InChI is InChI=1S/C15H25N3/c1-18(2)12-14-4-3-5-15(10-14)17-11-13-6-8-16-9-7-13/h3-5,10,13,16-17H,6-9,11-12H2,1-2H3. The van der Waals surface area contributed by atoms with Crippen LogP contribution >= 0.6 is 0 Å². The van der Waals surface area contributed by atoms with Crippen molar-refractivity contribution in [3.05, 3.63) is 29.8 Å². The van der Waals surface area contributed by atoms with Gasteiger partial charge in [0.1, 0.15) is 0 Å². The van der Waals surface area contributed by atoms with Crippen LogP contribution in [0, 0.1) is 5.92 Å². The quantitative estimate of drug-likeness (QED) is 0.835. The molecule has 2 N–H and O–H groups in total. The molecule has 1 fully saturated rings. The number of hydrogen-bond donors (Lipinski definition) is 2. The van der Waals surface area contributed by atoms with Crippen LogP contribution in [0.5, 0.6) is 0 Å². The number of rotatable bonds is 5. The number of nitrogens with one attached hydrogen (secondary N) is 2. The van der Waals surface area contributed by atoms with Gasteiger partial charge in [-0.2, -0.15) is 0 Å². The summed E-state index contributed by atoms with van der Waals surface area (Å²) in [7, 11) is 4.21. The van der Waals surface area contributed by atoms with E-state index in [1.165, 1.54) is 37.2 Å². The van der Waals surface area contributed by atoms with Crippen molar-refractivity contribution in [2.75, 3.05) is 39.0 Å². The molecule has 1 aromatic carbocycles. The van der Waals surface area contributed by atoms with Gasteiger partial charge in [0.15, 0.2) is 0 Å². The molecule has 100 valence electrons. The van der Waals surface area contributed by atoms with Crippen LogP contribution in [0.25, 0.3) is 0 Å². The van der Waals surface area contributed by atoms with Crippen molar-refractivity contribution in [1.29, 1.82) is 0 Å². The number of nitrogens with zero attached hydrogens (tertiary/aromatic N) is 1. The third kappa shape index (κ3) is 4.31. The Labute approximate surface area is 111 Å². The van der Waals surface area contributed by atoms with Gasteiger partial charge in [0.05, 0.1) is 0 Å². The van der Waals surface area contributed by atoms with Crippen molar-refractivity contribution >= 4 is 5.69 Å². The lowest BCUT2D eigenvalue weighted by atomic mass is 9.98. The van der Waals surface area contributed by atoms with E-state index in [0.29, 0.717) is 0 Å². The average molecular weight is 247 g/mol. The molecule has 0 aromatic heterocycles. The van der Waals surface area contributed by atoms with Crippen LogP contribution < -0.4 is 10.6 Å². The highest BCUT2D eigenvalue weighted by Gasteiger charge is 2.12. The van der Waals surface area contributed by atoms with Crippen LogP contribution in [0.4, 0.5) is 5.69 Å². The van der Waals surface area contributed by atoms with Crippen LogP contribution in [0.2, 0.25) is 0 Å². The number of hydrogen-bond acceptors (Lipinski definition) is 3. The molecule has 1 aliphatic rings. The lowest BCUT2D eigenvalue weighted by Gasteiger charge is -2.23. The van der Waals surface area contributed by atoms with E-state index < -0.39 is 0 Å². The highest BCUT2D eigenvalue weighted by molar-refractivity contribution is 5.45. The van der Waals surface area contributed by atoms with Crippen molar-refractivity contribution in [2.45, 2.75) is 19.4 Å². The highest BCUT2D eigenvalue weighted by Crippen LogP contribution is 2.15. The largest absolute Gasteiger partial charge is 0.385 e. The molecule has 1 aliphatic heterocycles. The first-order chi connectivity index (χ1) is 8.74. The Morgan fingerprint density at radius 3 is 2.78 bits per heavy atom. The first-order valence-corrected chi connectivity index (χ1v) is 6.92. The normalized spacial score (nSPS) is 17.1. The molecule has 1 saturated heterocycles. The number of benzene rings is 1. The summed E-state index contributed by atoms with van der Waals surface area (Å²) in [6.07, 6.45) is 2.59. The molecule has 3 heteroatoms. The molecule has 0 spiro atoms. The molecule has 0 bridgehead atoms.